The molecule has 0 aliphatic rings. The predicted octanol–water partition coefficient (Wildman–Crippen LogP) is 1.27. The van der Waals surface area contributed by atoms with Crippen LogP contribution in [-0.2, 0) is 0 Å². The Morgan fingerprint density at radius 3 is 2.58 bits per heavy atom. The normalized spacial score (nSPS) is 9.53. The van der Waals surface area contributed by atoms with Gasteiger partial charge < -0.3 is 16.8 Å². The van der Waals surface area contributed by atoms with Crippen molar-refractivity contribution in [3.05, 3.63) is 33.9 Å². The topological polar surface area (TPSA) is 124 Å². The van der Waals surface area contributed by atoms with E-state index < -0.39 is 10.8 Å². The third-order valence-corrected chi connectivity index (χ3v) is 2.44. The van der Waals surface area contributed by atoms with E-state index in [4.69, 9.17) is 11.5 Å². The van der Waals surface area contributed by atoms with Gasteiger partial charge in [-0.1, -0.05) is 6.07 Å². The molecule has 0 fully saturated rings. The fourth-order valence-electron chi connectivity index (χ4n) is 1.57. The SMILES string of the molecule is Cl.NCCCCNc1c(C(N)=O)cccc1[N+](=O)[O-]. The third-order valence-electron chi connectivity index (χ3n) is 2.44. The highest BCUT2D eigenvalue weighted by molar-refractivity contribution is 6.00. The van der Waals surface area contributed by atoms with Crippen LogP contribution in [0.3, 0.4) is 0 Å². The molecule has 8 heteroatoms. The van der Waals surface area contributed by atoms with Crippen LogP contribution in [-0.4, -0.2) is 23.9 Å². The highest BCUT2D eigenvalue weighted by atomic mass is 35.5. The highest BCUT2D eigenvalue weighted by Crippen LogP contribution is 2.27. The fraction of sp³-hybridized carbons (Fsp3) is 0.364. The molecule has 19 heavy (non-hydrogen) atoms. The van der Waals surface area contributed by atoms with Gasteiger partial charge in [-0.05, 0) is 25.5 Å². The number of amides is 1. The lowest BCUT2D eigenvalue weighted by Crippen LogP contribution is -2.16. The summed E-state index contributed by atoms with van der Waals surface area (Å²) >= 11 is 0. The average molecular weight is 289 g/mol. The molecular formula is C11H17ClN4O3. The monoisotopic (exact) mass is 288 g/mol. The summed E-state index contributed by atoms with van der Waals surface area (Å²) < 4.78 is 0. The molecule has 0 aliphatic carbocycles. The number of nitrogens with two attached hydrogens (primary N) is 2. The Kier molecular flexibility index (Phi) is 7.47. The van der Waals surface area contributed by atoms with E-state index in [1.165, 1.54) is 18.2 Å². The van der Waals surface area contributed by atoms with Crippen LogP contribution in [0.1, 0.15) is 23.2 Å². The van der Waals surface area contributed by atoms with Crippen LogP contribution in [0.2, 0.25) is 0 Å². The minimum absolute atomic E-state index is 0. The number of primary amides is 1. The van der Waals surface area contributed by atoms with Gasteiger partial charge in [0.25, 0.3) is 11.6 Å². The molecule has 7 nitrogen and oxygen atoms in total. The van der Waals surface area contributed by atoms with E-state index in [0.717, 1.165) is 12.8 Å². The second-order valence-electron chi connectivity index (χ2n) is 3.74. The van der Waals surface area contributed by atoms with Gasteiger partial charge in [0.15, 0.2) is 0 Å². The maximum absolute atomic E-state index is 11.2. The Morgan fingerprint density at radius 1 is 1.37 bits per heavy atom. The first kappa shape index (κ1) is 17.1. The Bertz CT molecular complexity index is 421. The molecule has 1 amide bonds. The fourth-order valence-corrected chi connectivity index (χ4v) is 1.57. The molecule has 0 aromatic heterocycles. The largest absolute Gasteiger partial charge is 0.379 e. The van der Waals surface area contributed by atoms with Gasteiger partial charge in [0, 0.05) is 12.6 Å². The number of hydrogen-bond donors (Lipinski definition) is 3. The van der Waals surface area contributed by atoms with Gasteiger partial charge in [0.2, 0.25) is 0 Å². The first-order chi connectivity index (χ1) is 8.57. The Morgan fingerprint density at radius 2 is 2.05 bits per heavy atom. The van der Waals surface area contributed by atoms with E-state index in [-0.39, 0.29) is 29.3 Å². The van der Waals surface area contributed by atoms with E-state index in [2.05, 4.69) is 5.32 Å². The summed E-state index contributed by atoms with van der Waals surface area (Å²) in [6.45, 7) is 1.06. The van der Waals surface area contributed by atoms with Crippen LogP contribution in [0, 0.1) is 10.1 Å². The van der Waals surface area contributed by atoms with Gasteiger partial charge in [-0.2, -0.15) is 0 Å². The molecule has 5 N–H and O–H groups in total. The van der Waals surface area contributed by atoms with E-state index in [0.29, 0.717) is 13.1 Å². The maximum atomic E-state index is 11.2. The number of halogens is 1. The van der Waals surface area contributed by atoms with Gasteiger partial charge in [0.1, 0.15) is 5.69 Å². The zero-order chi connectivity index (χ0) is 13.5. The first-order valence-electron chi connectivity index (χ1n) is 5.59. The summed E-state index contributed by atoms with van der Waals surface area (Å²) in [5, 5.41) is 13.8. The van der Waals surface area contributed by atoms with E-state index in [9.17, 15) is 14.9 Å². The second-order valence-corrected chi connectivity index (χ2v) is 3.74. The van der Waals surface area contributed by atoms with Crippen molar-refractivity contribution < 1.29 is 9.72 Å². The van der Waals surface area contributed by atoms with Crippen LogP contribution in [0.5, 0.6) is 0 Å². The second kappa shape index (κ2) is 8.28. The molecule has 0 spiro atoms. The van der Waals surface area contributed by atoms with Crippen molar-refractivity contribution in [3.63, 3.8) is 0 Å². The molecule has 0 saturated heterocycles. The quantitative estimate of drug-likeness (QED) is 0.396. The lowest BCUT2D eigenvalue weighted by atomic mass is 10.1. The summed E-state index contributed by atoms with van der Waals surface area (Å²) in [5.41, 5.74) is 10.7. The lowest BCUT2D eigenvalue weighted by molar-refractivity contribution is -0.384. The van der Waals surface area contributed by atoms with Crippen molar-refractivity contribution in [1.82, 2.24) is 0 Å². The minimum Gasteiger partial charge on any atom is -0.379 e. The van der Waals surface area contributed by atoms with Crippen molar-refractivity contribution in [2.75, 3.05) is 18.4 Å². The number of nitro groups is 1. The lowest BCUT2D eigenvalue weighted by Gasteiger charge is -2.10. The number of nitro benzene ring substituents is 1. The zero-order valence-electron chi connectivity index (χ0n) is 10.3. The van der Waals surface area contributed by atoms with Crippen LogP contribution in [0.25, 0.3) is 0 Å². The number of carbonyl (C=O) groups excluding carboxylic acids is 1. The molecule has 0 heterocycles. The van der Waals surface area contributed by atoms with Gasteiger partial charge in [-0.15, -0.1) is 12.4 Å². The predicted molar refractivity (Wildman–Crippen MR) is 75.6 cm³/mol. The van der Waals surface area contributed by atoms with E-state index in [1.807, 2.05) is 0 Å². The Labute approximate surface area is 116 Å². The summed E-state index contributed by atoms with van der Waals surface area (Å²) in [4.78, 5) is 21.6. The molecule has 1 rings (SSSR count). The number of hydrogen-bond acceptors (Lipinski definition) is 5. The van der Waals surface area contributed by atoms with Crippen molar-refractivity contribution in [1.29, 1.82) is 0 Å². The number of benzene rings is 1. The van der Waals surface area contributed by atoms with Gasteiger partial charge in [0.05, 0.1) is 10.5 Å². The number of nitrogens with zero attached hydrogens (tertiary/aromatic N) is 1. The third kappa shape index (κ3) is 4.72. The minimum atomic E-state index is -0.694. The van der Waals surface area contributed by atoms with Crippen LogP contribution < -0.4 is 16.8 Å². The molecule has 0 saturated carbocycles. The molecule has 106 valence electrons. The van der Waals surface area contributed by atoms with Crippen LogP contribution >= 0.6 is 12.4 Å². The molecule has 0 aliphatic heterocycles. The summed E-state index contributed by atoms with van der Waals surface area (Å²) in [6, 6.07) is 4.22. The van der Waals surface area contributed by atoms with Gasteiger partial charge >= 0.3 is 0 Å². The van der Waals surface area contributed by atoms with E-state index >= 15 is 0 Å². The van der Waals surface area contributed by atoms with Gasteiger partial charge in [-0.3, -0.25) is 14.9 Å². The number of unbranched alkanes of at least 4 members (excludes halogenated alkanes) is 1. The van der Waals surface area contributed by atoms with Crippen molar-refractivity contribution >= 4 is 29.7 Å². The Hall–Kier alpha value is -1.86. The Balaban J connectivity index is 0.00000324. The van der Waals surface area contributed by atoms with Crippen molar-refractivity contribution in [2.45, 2.75) is 12.8 Å². The summed E-state index contributed by atoms with van der Waals surface area (Å²) in [7, 11) is 0. The molecule has 1 aromatic carbocycles. The van der Waals surface area contributed by atoms with E-state index in [1.54, 1.807) is 0 Å². The van der Waals surface area contributed by atoms with Crippen molar-refractivity contribution in [3.8, 4) is 0 Å². The molecule has 0 bridgehead atoms. The molecule has 0 unspecified atom stereocenters. The molecular weight excluding hydrogens is 272 g/mol. The summed E-state index contributed by atoms with van der Waals surface area (Å²) in [6.07, 6.45) is 1.57. The average Bonchev–Trinajstić information content (AvgIpc) is 2.34. The standard InChI is InChI=1S/C11H16N4O3.ClH/c12-6-1-2-7-14-10-8(11(13)16)4-3-5-9(10)15(17)18;/h3-5,14H,1-2,6-7,12H2,(H2,13,16);1H. The van der Waals surface area contributed by atoms with Crippen LogP contribution in [0.15, 0.2) is 18.2 Å². The highest BCUT2D eigenvalue weighted by Gasteiger charge is 2.19. The zero-order valence-corrected chi connectivity index (χ0v) is 11.1. The number of anilines is 1. The van der Waals surface area contributed by atoms with Crippen LogP contribution in [0.4, 0.5) is 11.4 Å². The number of rotatable bonds is 7. The number of carbonyl (C=O) groups is 1. The maximum Gasteiger partial charge on any atom is 0.293 e. The van der Waals surface area contributed by atoms with Gasteiger partial charge in [-0.25, -0.2) is 0 Å². The molecule has 0 atom stereocenters. The number of nitrogens with one attached hydrogen (secondary N) is 1. The number of para-hydroxylation sites is 1. The molecule has 0 radical (unpaired) electrons. The molecule has 1 aromatic rings. The van der Waals surface area contributed by atoms with Crippen molar-refractivity contribution in [2.24, 2.45) is 11.5 Å². The summed E-state index contributed by atoms with van der Waals surface area (Å²) in [5.74, 6) is -0.694. The first-order valence-corrected chi connectivity index (χ1v) is 5.59. The smallest absolute Gasteiger partial charge is 0.293 e.